The predicted molar refractivity (Wildman–Crippen MR) is 71.5 cm³/mol. The second-order valence-corrected chi connectivity index (χ2v) is 4.99. The number of benzene rings is 1. The van der Waals surface area contributed by atoms with Crippen LogP contribution in [0.25, 0.3) is 10.8 Å². The molecule has 3 rings (SSSR count). The van der Waals surface area contributed by atoms with Crippen LogP contribution in [0.15, 0.2) is 29.1 Å². The smallest absolute Gasteiger partial charge is 0.275 e. The van der Waals surface area contributed by atoms with Gasteiger partial charge in [-0.1, -0.05) is 18.2 Å². The van der Waals surface area contributed by atoms with Crippen molar-refractivity contribution in [2.24, 2.45) is 0 Å². The van der Waals surface area contributed by atoms with Crippen molar-refractivity contribution in [3.63, 3.8) is 0 Å². The topological polar surface area (TPSA) is 104 Å². The van der Waals surface area contributed by atoms with Crippen LogP contribution in [0.1, 0.15) is 23.3 Å². The predicted octanol–water partition coefficient (Wildman–Crippen LogP) is -0.961. The maximum absolute atomic E-state index is 12.2. The molecule has 0 bridgehead atoms. The van der Waals surface area contributed by atoms with Crippen LogP contribution in [-0.4, -0.2) is 27.7 Å². The highest BCUT2D eigenvalue weighted by molar-refractivity contribution is 6.00. The standard InChI is InChI=1S/C14H13N3O4/c18-11(15-8-5-6-8)7-17-13(19)10-4-2-1-3-9(10)12(16-17)14(20)21/h1-4,8H,5-7H2,(H,15,18)(H,20,21)/p-1. The van der Waals surface area contributed by atoms with Crippen molar-refractivity contribution < 1.29 is 14.7 Å². The van der Waals surface area contributed by atoms with Gasteiger partial charge < -0.3 is 15.2 Å². The SMILES string of the molecule is O=C(Cn1nc(C(=O)[O-])c2ccccc2c1=O)NC1CC1. The molecule has 1 aliphatic rings. The number of carboxylic acid groups (broad SMARTS) is 1. The van der Waals surface area contributed by atoms with E-state index in [0.29, 0.717) is 0 Å². The largest absolute Gasteiger partial charge is 0.543 e. The molecule has 0 spiro atoms. The fraction of sp³-hybridized carbons (Fsp3) is 0.286. The van der Waals surface area contributed by atoms with Crippen molar-refractivity contribution in [2.75, 3.05) is 0 Å². The number of aromatic nitrogens is 2. The van der Waals surface area contributed by atoms with Crippen LogP contribution in [0.5, 0.6) is 0 Å². The number of amides is 1. The number of fused-ring (bicyclic) bond motifs is 1. The number of nitrogens with one attached hydrogen (secondary N) is 1. The molecule has 1 fully saturated rings. The quantitative estimate of drug-likeness (QED) is 0.779. The average Bonchev–Trinajstić information content (AvgIpc) is 3.25. The third-order valence-corrected chi connectivity index (χ3v) is 3.30. The first-order chi connectivity index (χ1) is 10.1. The summed E-state index contributed by atoms with van der Waals surface area (Å²) < 4.78 is 0.866. The summed E-state index contributed by atoms with van der Waals surface area (Å²) in [5.41, 5.74) is -0.842. The van der Waals surface area contributed by atoms with E-state index in [9.17, 15) is 19.5 Å². The van der Waals surface area contributed by atoms with Gasteiger partial charge in [0, 0.05) is 11.4 Å². The van der Waals surface area contributed by atoms with E-state index in [1.807, 2.05) is 0 Å². The number of aromatic carboxylic acids is 1. The lowest BCUT2D eigenvalue weighted by Crippen LogP contribution is -2.36. The Balaban J connectivity index is 2.05. The highest BCUT2D eigenvalue weighted by Gasteiger charge is 2.23. The van der Waals surface area contributed by atoms with Crippen LogP contribution in [-0.2, 0) is 11.3 Å². The molecule has 7 nitrogen and oxygen atoms in total. The van der Waals surface area contributed by atoms with Crippen LogP contribution in [0.3, 0.4) is 0 Å². The lowest BCUT2D eigenvalue weighted by molar-refractivity contribution is -0.255. The maximum atomic E-state index is 12.2. The number of hydrogen-bond acceptors (Lipinski definition) is 5. The fourth-order valence-corrected chi connectivity index (χ4v) is 2.13. The van der Waals surface area contributed by atoms with Crippen LogP contribution < -0.4 is 16.0 Å². The van der Waals surface area contributed by atoms with Gasteiger partial charge in [0.2, 0.25) is 5.91 Å². The van der Waals surface area contributed by atoms with E-state index in [-0.39, 0.29) is 35.0 Å². The maximum Gasteiger partial charge on any atom is 0.275 e. The Labute approximate surface area is 119 Å². The van der Waals surface area contributed by atoms with Gasteiger partial charge in [0.05, 0.1) is 11.4 Å². The van der Waals surface area contributed by atoms with E-state index in [1.54, 1.807) is 12.1 Å². The molecule has 2 aromatic rings. The monoisotopic (exact) mass is 286 g/mol. The molecule has 1 aromatic carbocycles. The lowest BCUT2D eigenvalue weighted by atomic mass is 10.1. The average molecular weight is 286 g/mol. The Morgan fingerprint density at radius 3 is 2.57 bits per heavy atom. The summed E-state index contributed by atoms with van der Waals surface area (Å²) in [5, 5.41) is 18.0. The zero-order valence-electron chi connectivity index (χ0n) is 11.0. The molecular weight excluding hydrogens is 274 g/mol. The molecular formula is C14H12N3O4-. The van der Waals surface area contributed by atoms with Gasteiger partial charge >= 0.3 is 0 Å². The van der Waals surface area contributed by atoms with Crippen LogP contribution in [0, 0.1) is 0 Å². The van der Waals surface area contributed by atoms with Crippen molar-refractivity contribution >= 4 is 22.6 Å². The van der Waals surface area contributed by atoms with Crippen LogP contribution >= 0.6 is 0 Å². The Bertz CT molecular complexity index is 792. The summed E-state index contributed by atoms with van der Waals surface area (Å²) >= 11 is 0. The van der Waals surface area contributed by atoms with E-state index < -0.39 is 11.5 Å². The van der Waals surface area contributed by atoms with E-state index in [2.05, 4.69) is 10.4 Å². The summed E-state index contributed by atoms with van der Waals surface area (Å²) in [6, 6.07) is 6.39. The number of hydrogen-bond donors (Lipinski definition) is 1. The molecule has 108 valence electrons. The molecule has 1 saturated carbocycles. The third kappa shape index (κ3) is 2.62. The lowest BCUT2D eigenvalue weighted by Gasteiger charge is -2.11. The van der Waals surface area contributed by atoms with Gasteiger partial charge in [0.25, 0.3) is 5.56 Å². The van der Waals surface area contributed by atoms with Gasteiger partial charge in [-0.2, -0.15) is 5.10 Å². The minimum Gasteiger partial charge on any atom is -0.543 e. The number of carbonyl (C=O) groups is 2. The molecule has 21 heavy (non-hydrogen) atoms. The first kappa shape index (κ1) is 13.3. The highest BCUT2D eigenvalue weighted by Crippen LogP contribution is 2.18. The molecule has 7 heteroatoms. The summed E-state index contributed by atoms with van der Waals surface area (Å²) in [5.74, 6) is -1.84. The van der Waals surface area contributed by atoms with E-state index in [0.717, 1.165) is 17.5 Å². The van der Waals surface area contributed by atoms with Gasteiger partial charge in [-0.05, 0) is 18.9 Å². The number of nitrogens with zero attached hydrogens (tertiary/aromatic N) is 2. The molecule has 1 aliphatic carbocycles. The van der Waals surface area contributed by atoms with Gasteiger partial charge in [-0.25, -0.2) is 4.68 Å². The first-order valence-corrected chi connectivity index (χ1v) is 6.57. The molecule has 0 unspecified atom stereocenters. The zero-order valence-corrected chi connectivity index (χ0v) is 11.0. The third-order valence-electron chi connectivity index (χ3n) is 3.30. The number of rotatable bonds is 4. The molecule has 1 N–H and O–H groups in total. The van der Waals surface area contributed by atoms with Gasteiger partial charge in [-0.15, -0.1) is 0 Å². The van der Waals surface area contributed by atoms with E-state index >= 15 is 0 Å². The first-order valence-electron chi connectivity index (χ1n) is 6.57. The Morgan fingerprint density at radius 1 is 1.29 bits per heavy atom. The van der Waals surface area contributed by atoms with Crippen molar-refractivity contribution in [3.05, 3.63) is 40.3 Å². The van der Waals surface area contributed by atoms with Gasteiger partial charge in [-0.3, -0.25) is 9.59 Å². The highest BCUT2D eigenvalue weighted by atomic mass is 16.4. The van der Waals surface area contributed by atoms with Crippen molar-refractivity contribution in [1.82, 2.24) is 15.1 Å². The van der Waals surface area contributed by atoms with E-state index in [1.165, 1.54) is 12.1 Å². The second-order valence-electron chi connectivity index (χ2n) is 4.99. The number of carbonyl (C=O) groups excluding carboxylic acids is 2. The minimum atomic E-state index is -1.48. The van der Waals surface area contributed by atoms with Gasteiger partial charge in [0.1, 0.15) is 12.2 Å². The summed E-state index contributed by atoms with van der Waals surface area (Å²) in [4.78, 5) is 35.2. The van der Waals surface area contributed by atoms with Crippen LogP contribution in [0.4, 0.5) is 0 Å². The normalized spacial score (nSPS) is 14.1. The Morgan fingerprint density at radius 2 is 1.95 bits per heavy atom. The molecule has 0 saturated heterocycles. The molecule has 1 aromatic heterocycles. The van der Waals surface area contributed by atoms with Crippen molar-refractivity contribution in [2.45, 2.75) is 25.4 Å². The zero-order chi connectivity index (χ0) is 15.0. The summed E-state index contributed by atoms with van der Waals surface area (Å²) in [6.07, 6.45) is 1.85. The van der Waals surface area contributed by atoms with E-state index in [4.69, 9.17) is 0 Å². The van der Waals surface area contributed by atoms with Gasteiger partial charge in [0.15, 0.2) is 0 Å². The molecule has 1 amide bonds. The van der Waals surface area contributed by atoms with Crippen molar-refractivity contribution in [3.8, 4) is 0 Å². The van der Waals surface area contributed by atoms with Crippen molar-refractivity contribution in [1.29, 1.82) is 0 Å². The molecule has 0 radical (unpaired) electrons. The minimum absolute atomic E-state index is 0.161. The fourth-order valence-electron chi connectivity index (χ4n) is 2.13. The number of carboxylic acids is 1. The van der Waals surface area contributed by atoms with Crippen LogP contribution in [0.2, 0.25) is 0 Å². The molecule has 0 aliphatic heterocycles. The Kier molecular flexibility index (Phi) is 3.17. The summed E-state index contributed by atoms with van der Waals surface area (Å²) in [6.45, 7) is -0.305. The Hall–Kier alpha value is -2.70. The second kappa shape index (κ2) is 5.01. The molecule has 1 heterocycles. The summed E-state index contributed by atoms with van der Waals surface area (Å²) in [7, 11) is 0. The molecule has 0 atom stereocenters.